The number of aromatic nitrogens is 2. The van der Waals surface area contributed by atoms with E-state index >= 15 is 0 Å². The van der Waals surface area contributed by atoms with E-state index in [9.17, 15) is 0 Å². The fraction of sp³-hybridized carbons (Fsp3) is 0.471. The Morgan fingerprint density at radius 3 is 2.73 bits per heavy atom. The zero-order valence-corrected chi connectivity index (χ0v) is 14.9. The van der Waals surface area contributed by atoms with Crippen molar-refractivity contribution in [2.45, 2.75) is 19.3 Å². The molecule has 1 aliphatic heterocycles. The van der Waals surface area contributed by atoms with Gasteiger partial charge in [-0.25, -0.2) is 0 Å². The number of aryl methyl sites for hydroxylation is 1. The summed E-state index contributed by atoms with van der Waals surface area (Å²) in [5, 5.41) is 4.27. The molecule has 1 saturated heterocycles. The second-order valence-electron chi connectivity index (χ2n) is 5.77. The van der Waals surface area contributed by atoms with Gasteiger partial charge in [0, 0.05) is 0 Å². The first-order chi connectivity index (χ1) is 10.7. The van der Waals surface area contributed by atoms with Gasteiger partial charge in [-0.1, -0.05) is 0 Å². The molecule has 0 spiro atoms. The van der Waals surface area contributed by atoms with E-state index in [2.05, 4.69) is 45.1 Å². The number of hydrogen-bond donors (Lipinski definition) is 0. The van der Waals surface area contributed by atoms with Crippen molar-refractivity contribution in [1.82, 2.24) is 14.7 Å². The maximum absolute atomic E-state index is 6.08. The molecule has 1 aromatic heterocycles. The summed E-state index contributed by atoms with van der Waals surface area (Å²) in [6.07, 6.45) is 5.84. The summed E-state index contributed by atoms with van der Waals surface area (Å²) in [7, 11) is 1.96. The monoisotopic (exact) mass is 359 g/mol. The Kier molecular flexibility index (Phi) is 5.22. The molecule has 116 valence electrons. The van der Waals surface area contributed by atoms with Gasteiger partial charge in [0.05, 0.1) is 0 Å². The number of rotatable bonds is 5. The first-order valence-corrected chi connectivity index (χ1v) is 8.84. The van der Waals surface area contributed by atoms with Crippen molar-refractivity contribution in [2.75, 3.05) is 26.2 Å². The third kappa shape index (κ3) is 3.74. The molecular weight excluding hydrogens is 337 g/mol. The standard InChI is InChI=1S/C17H22AsN3O/c1-20-16(7-8-19-20)15-13-14(18)5-6-17(15)22-12-11-21-9-3-2-4-10-21/h5-8,13H,2-4,9-12H2,1H3. The van der Waals surface area contributed by atoms with Crippen LogP contribution in [0.25, 0.3) is 11.3 Å². The minimum absolute atomic E-state index is 0.739. The zero-order valence-electron chi connectivity index (χ0n) is 13.0. The molecule has 3 rings (SSSR count). The van der Waals surface area contributed by atoms with Crippen molar-refractivity contribution in [1.29, 1.82) is 0 Å². The molecule has 1 aromatic carbocycles. The molecule has 0 bridgehead atoms. The molecular formula is C17H22AsN3O. The molecule has 0 aliphatic carbocycles. The van der Waals surface area contributed by atoms with E-state index in [0.29, 0.717) is 0 Å². The molecule has 1 aliphatic rings. The predicted molar refractivity (Wildman–Crippen MR) is 89.8 cm³/mol. The van der Waals surface area contributed by atoms with Gasteiger partial charge >= 0.3 is 141 Å². The van der Waals surface area contributed by atoms with Crippen LogP contribution in [0, 0.1) is 0 Å². The molecule has 5 heteroatoms. The predicted octanol–water partition coefficient (Wildman–Crippen LogP) is 1.75. The van der Waals surface area contributed by atoms with Crippen molar-refractivity contribution in [3.8, 4) is 17.0 Å². The van der Waals surface area contributed by atoms with Crippen molar-refractivity contribution >= 4 is 21.2 Å². The van der Waals surface area contributed by atoms with E-state index in [1.807, 2.05) is 24.0 Å². The molecule has 2 radical (unpaired) electrons. The van der Waals surface area contributed by atoms with Crippen molar-refractivity contribution in [3.63, 3.8) is 0 Å². The Morgan fingerprint density at radius 2 is 2.00 bits per heavy atom. The Morgan fingerprint density at radius 1 is 1.18 bits per heavy atom. The summed E-state index contributed by atoms with van der Waals surface area (Å²) in [5.74, 6) is 0.940. The van der Waals surface area contributed by atoms with E-state index in [-0.39, 0.29) is 0 Å². The van der Waals surface area contributed by atoms with Gasteiger partial charge in [-0.05, 0) is 0 Å². The first-order valence-electron chi connectivity index (χ1n) is 7.90. The van der Waals surface area contributed by atoms with Gasteiger partial charge in [-0.2, -0.15) is 0 Å². The van der Waals surface area contributed by atoms with Gasteiger partial charge in [-0.3, -0.25) is 0 Å². The normalized spacial score (nSPS) is 15.9. The number of piperidine rings is 1. The maximum atomic E-state index is 6.08. The number of nitrogens with zero attached hydrogens (tertiary/aromatic N) is 3. The van der Waals surface area contributed by atoms with Crippen LogP contribution in [0.3, 0.4) is 0 Å². The summed E-state index contributed by atoms with van der Waals surface area (Å²) >= 11 is 2.59. The summed E-state index contributed by atoms with van der Waals surface area (Å²) in [6.45, 7) is 4.17. The summed E-state index contributed by atoms with van der Waals surface area (Å²) in [6, 6.07) is 8.31. The van der Waals surface area contributed by atoms with E-state index in [4.69, 9.17) is 4.74 Å². The van der Waals surface area contributed by atoms with Crippen molar-refractivity contribution in [3.05, 3.63) is 30.5 Å². The number of hydrogen-bond acceptors (Lipinski definition) is 3. The number of benzene rings is 1. The van der Waals surface area contributed by atoms with Gasteiger partial charge in [0.25, 0.3) is 0 Å². The Bertz CT molecular complexity index is 620. The van der Waals surface area contributed by atoms with Gasteiger partial charge in [0.2, 0.25) is 0 Å². The molecule has 4 nitrogen and oxygen atoms in total. The molecule has 2 aromatic rings. The molecule has 0 amide bonds. The SMILES string of the molecule is Cn1nccc1-c1cc([As])ccc1OCCN1CCCCC1. The van der Waals surface area contributed by atoms with Gasteiger partial charge < -0.3 is 0 Å². The average molecular weight is 359 g/mol. The van der Waals surface area contributed by atoms with Gasteiger partial charge in [0.1, 0.15) is 0 Å². The fourth-order valence-electron chi connectivity index (χ4n) is 2.95. The molecule has 22 heavy (non-hydrogen) atoms. The van der Waals surface area contributed by atoms with Crippen LogP contribution in [-0.4, -0.2) is 57.8 Å². The summed E-state index contributed by atoms with van der Waals surface area (Å²) in [4.78, 5) is 2.50. The van der Waals surface area contributed by atoms with Crippen LogP contribution in [0.4, 0.5) is 0 Å². The van der Waals surface area contributed by atoms with Crippen LogP contribution in [0.5, 0.6) is 5.75 Å². The van der Waals surface area contributed by atoms with Crippen LogP contribution in [-0.2, 0) is 7.05 Å². The molecule has 0 N–H and O–H groups in total. The number of likely N-dealkylation sites (tertiary alicyclic amines) is 1. The molecule has 0 atom stereocenters. The van der Waals surface area contributed by atoms with E-state index in [1.54, 1.807) is 0 Å². The molecule has 0 unspecified atom stereocenters. The van der Waals surface area contributed by atoms with E-state index < -0.39 is 0 Å². The van der Waals surface area contributed by atoms with Crippen LogP contribution in [0.1, 0.15) is 19.3 Å². The van der Waals surface area contributed by atoms with Crippen LogP contribution >= 0.6 is 0 Å². The van der Waals surface area contributed by atoms with Crippen molar-refractivity contribution < 1.29 is 4.74 Å². The first kappa shape index (κ1) is 15.6. The molecule has 0 saturated carbocycles. The molecule has 1 fully saturated rings. The average Bonchev–Trinajstić information content (AvgIpc) is 2.96. The van der Waals surface area contributed by atoms with Gasteiger partial charge in [-0.15, -0.1) is 0 Å². The second-order valence-corrected chi connectivity index (χ2v) is 6.85. The van der Waals surface area contributed by atoms with Crippen LogP contribution < -0.4 is 9.09 Å². The van der Waals surface area contributed by atoms with Gasteiger partial charge in [0.15, 0.2) is 0 Å². The topological polar surface area (TPSA) is 30.3 Å². The second kappa shape index (κ2) is 7.34. The third-order valence-electron chi connectivity index (χ3n) is 4.17. The Balaban J connectivity index is 1.69. The molecule has 2 heterocycles. The van der Waals surface area contributed by atoms with Crippen molar-refractivity contribution in [2.24, 2.45) is 7.05 Å². The van der Waals surface area contributed by atoms with E-state index in [1.165, 1.54) is 36.7 Å². The summed E-state index contributed by atoms with van der Waals surface area (Å²) < 4.78 is 9.15. The van der Waals surface area contributed by atoms with E-state index in [0.717, 1.165) is 30.2 Å². The van der Waals surface area contributed by atoms with Crippen LogP contribution in [0.2, 0.25) is 0 Å². The third-order valence-corrected chi connectivity index (χ3v) is 4.76. The quantitative estimate of drug-likeness (QED) is 0.762. The fourth-order valence-corrected chi connectivity index (χ4v) is 3.38. The Hall–Kier alpha value is -1.25. The number of ether oxygens (including phenoxy) is 1. The minimum atomic E-state index is 0.739. The summed E-state index contributed by atoms with van der Waals surface area (Å²) in [5.41, 5.74) is 2.19. The Labute approximate surface area is 141 Å². The van der Waals surface area contributed by atoms with Crippen LogP contribution in [0.15, 0.2) is 30.5 Å². The zero-order chi connectivity index (χ0) is 15.4.